The lowest BCUT2D eigenvalue weighted by Gasteiger charge is -2.22. The van der Waals surface area contributed by atoms with Gasteiger partial charge in [-0.3, -0.25) is 4.79 Å². The second-order valence-corrected chi connectivity index (χ2v) is 9.10. The molecule has 2 heterocycles. The number of nitrogens with zero attached hydrogens (tertiary/aromatic N) is 1. The van der Waals surface area contributed by atoms with E-state index in [-0.39, 0.29) is 28.7 Å². The quantitative estimate of drug-likeness (QED) is 0.689. The maximum atomic E-state index is 12.5. The van der Waals surface area contributed by atoms with Gasteiger partial charge in [-0.25, -0.2) is 12.7 Å². The van der Waals surface area contributed by atoms with Crippen LogP contribution in [0.15, 0.2) is 23.1 Å². The van der Waals surface area contributed by atoms with Crippen molar-refractivity contribution in [1.82, 2.24) is 4.31 Å². The Kier molecular flexibility index (Phi) is 3.57. The van der Waals surface area contributed by atoms with Gasteiger partial charge in [0.1, 0.15) is 4.90 Å². The van der Waals surface area contributed by atoms with Gasteiger partial charge in [-0.05, 0) is 67.5 Å². The van der Waals surface area contributed by atoms with Crippen molar-refractivity contribution in [2.24, 2.45) is 0 Å². The van der Waals surface area contributed by atoms with Crippen LogP contribution in [-0.2, 0) is 14.8 Å². The van der Waals surface area contributed by atoms with Crippen molar-refractivity contribution in [1.29, 1.82) is 0 Å². The average molecular weight is 421 g/mol. The van der Waals surface area contributed by atoms with Crippen LogP contribution in [0.1, 0.15) is 37.0 Å². The monoisotopic (exact) mass is 421 g/mol. The van der Waals surface area contributed by atoms with Crippen molar-refractivity contribution in [3.63, 3.8) is 0 Å². The van der Waals surface area contributed by atoms with Crippen molar-refractivity contribution in [3.8, 4) is 0 Å². The topological polar surface area (TPSA) is 63.7 Å². The summed E-state index contributed by atoms with van der Waals surface area (Å²) in [4.78, 5) is 12.5. The number of fused-ring (bicyclic) bond motifs is 1. The molecule has 2 aliphatic heterocycles. The Morgan fingerprint density at radius 3 is 2.76 bits per heavy atom. The number of hydrogen-bond acceptors (Lipinski definition) is 4. The van der Waals surface area contributed by atoms with Gasteiger partial charge in [0.05, 0.1) is 23.8 Å². The van der Waals surface area contributed by atoms with E-state index in [9.17, 15) is 13.2 Å². The molecule has 0 bridgehead atoms. The van der Waals surface area contributed by atoms with E-state index in [1.807, 2.05) is 13.8 Å². The summed E-state index contributed by atoms with van der Waals surface area (Å²) in [5.74, 6) is -0.447. The Morgan fingerprint density at radius 1 is 1.43 bits per heavy atom. The van der Waals surface area contributed by atoms with Crippen LogP contribution in [0.2, 0.25) is 0 Å². The Hall–Kier alpha value is -0.670. The van der Waals surface area contributed by atoms with Gasteiger partial charge >= 0.3 is 0 Å². The zero-order valence-corrected chi connectivity index (χ0v) is 14.8. The molecule has 0 saturated carbocycles. The van der Waals surface area contributed by atoms with E-state index >= 15 is 0 Å². The summed E-state index contributed by atoms with van der Waals surface area (Å²) in [5.41, 5.74) is 0.0125. The minimum Gasteiger partial charge on any atom is -0.370 e. The molecule has 1 aromatic rings. The normalized spacial score (nSPS) is 26.1. The standard InChI is InChI=1S/C14H16INO4S/c1-14(2)6-5-10(20-14)8-16-13(17)11-7-9(15)3-4-12(11)21(16,18)19/h3-4,7,10H,5-6,8H2,1-2H3. The van der Waals surface area contributed by atoms with E-state index in [0.717, 1.165) is 20.7 Å². The van der Waals surface area contributed by atoms with E-state index in [2.05, 4.69) is 22.6 Å². The van der Waals surface area contributed by atoms with Crippen LogP contribution in [0, 0.1) is 3.57 Å². The highest BCUT2D eigenvalue weighted by Crippen LogP contribution is 2.35. The van der Waals surface area contributed by atoms with Gasteiger partial charge < -0.3 is 4.74 Å². The molecule has 21 heavy (non-hydrogen) atoms. The van der Waals surface area contributed by atoms with Crippen molar-refractivity contribution in [2.75, 3.05) is 6.54 Å². The molecular formula is C14H16INO4S. The zero-order valence-electron chi connectivity index (χ0n) is 11.8. The number of rotatable bonds is 2. The number of carbonyl (C=O) groups excluding carboxylic acids is 1. The Labute approximate surface area is 137 Å². The number of carbonyl (C=O) groups is 1. The summed E-state index contributed by atoms with van der Waals surface area (Å²) < 4.78 is 32.6. The zero-order chi connectivity index (χ0) is 15.4. The molecule has 0 aromatic heterocycles. The Bertz CT molecular complexity index is 714. The fraction of sp³-hybridized carbons (Fsp3) is 0.500. The van der Waals surface area contributed by atoms with Crippen molar-refractivity contribution < 1.29 is 17.9 Å². The predicted molar refractivity (Wildman–Crippen MR) is 85.6 cm³/mol. The number of halogens is 1. The third kappa shape index (κ3) is 2.59. The van der Waals surface area contributed by atoms with Gasteiger partial charge in [0, 0.05) is 3.57 Å². The molecule has 0 aliphatic carbocycles. The SMILES string of the molecule is CC1(C)CCC(CN2C(=O)c3cc(I)ccc3S2(=O)=O)O1. The minimum atomic E-state index is -3.74. The number of amides is 1. The van der Waals surface area contributed by atoms with E-state index in [0.29, 0.717) is 0 Å². The maximum Gasteiger partial charge on any atom is 0.269 e. The van der Waals surface area contributed by atoms with Crippen molar-refractivity contribution in [3.05, 3.63) is 27.3 Å². The molecule has 7 heteroatoms. The van der Waals surface area contributed by atoms with Crippen LogP contribution < -0.4 is 0 Å². The second-order valence-electron chi connectivity index (χ2n) is 6.02. The predicted octanol–water partition coefficient (Wildman–Crippen LogP) is 2.39. The summed E-state index contributed by atoms with van der Waals surface area (Å²) in [7, 11) is -3.74. The maximum absolute atomic E-state index is 12.5. The first-order valence-corrected chi connectivity index (χ1v) is 9.27. The van der Waals surface area contributed by atoms with Crippen molar-refractivity contribution >= 4 is 38.5 Å². The lowest BCUT2D eigenvalue weighted by Crippen LogP contribution is -2.37. The average Bonchev–Trinajstić information content (AvgIpc) is 2.81. The van der Waals surface area contributed by atoms with Gasteiger partial charge in [-0.1, -0.05) is 0 Å². The van der Waals surface area contributed by atoms with Crippen LogP contribution in [0.25, 0.3) is 0 Å². The van der Waals surface area contributed by atoms with Crippen LogP contribution in [0.5, 0.6) is 0 Å². The number of ether oxygens (including phenoxy) is 1. The van der Waals surface area contributed by atoms with E-state index in [1.54, 1.807) is 12.1 Å². The van der Waals surface area contributed by atoms with Crippen LogP contribution in [0.3, 0.4) is 0 Å². The Morgan fingerprint density at radius 2 is 2.14 bits per heavy atom. The first-order chi connectivity index (χ1) is 9.71. The summed E-state index contributed by atoms with van der Waals surface area (Å²) in [6.07, 6.45) is 1.40. The summed E-state index contributed by atoms with van der Waals surface area (Å²) in [6, 6.07) is 4.82. The van der Waals surface area contributed by atoms with Crippen LogP contribution >= 0.6 is 22.6 Å². The fourth-order valence-corrected chi connectivity index (χ4v) is 4.90. The molecule has 0 spiro atoms. The molecule has 1 unspecified atom stereocenters. The molecule has 1 atom stereocenters. The molecule has 1 aromatic carbocycles. The minimum absolute atomic E-state index is 0.0931. The molecule has 5 nitrogen and oxygen atoms in total. The molecule has 2 aliphatic rings. The lowest BCUT2D eigenvalue weighted by atomic mass is 10.1. The number of benzene rings is 1. The third-order valence-corrected chi connectivity index (χ3v) is 6.37. The highest BCUT2D eigenvalue weighted by molar-refractivity contribution is 14.1. The van der Waals surface area contributed by atoms with E-state index in [4.69, 9.17) is 4.74 Å². The van der Waals surface area contributed by atoms with Gasteiger partial charge in [-0.15, -0.1) is 0 Å². The fourth-order valence-electron chi connectivity index (χ4n) is 2.83. The summed E-state index contributed by atoms with van der Waals surface area (Å²) in [5, 5.41) is 0. The smallest absolute Gasteiger partial charge is 0.269 e. The highest BCUT2D eigenvalue weighted by Gasteiger charge is 2.44. The lowest BCUT2D eigenvalue weighted by molar-refractivity contribution is -0.0198. The molecule has 3 rings (SSSR count). The third-order valence-electron chi connectivity index (χ3n) is 3.89. The molecule has 114 valence electrons. The largest absolute Gasteiger partial charge is 0.370 e. The summed E-state index contributed by atoms with van der Waals surface area (Å²) in [6.45, 7) is 4.05. The first kappa shape index (κ1) is 15.2. The molecular weight excluding hydrogens is 405 g/mol. The molecule has 1 saturated heterocycles. The van der Waals surface area contributed by atoms with Crippen LogP contribution in [-0.4, -0.2) is 36.9 Å². The molecule has 1 amide bonds. The number of hydrogen-bond donors (Lipinski definition) is 0. The highest BCUT2D eigenvalue weighted by atomic mass is 127. The molecule has 0 N–H and O–H groups in total. The molecule has 1 fully saturated rings. The van der Waals surface area contributed by atoms with Gasteiger partial charge in [0.15, 0.2) is 0 Å². The van der Waals surface area contributed by atoms with Gasteiger partial charge in [0.25, 0.3) is 15.9 Å². The number of sulfonamides is 1. The van der Waals surface area contributed by atoms with E-state index in [1.165, 1.54) is 6.07 Å². The van der Waals surface area contributed by atoms with E-state index < -0.39 is 15.9 Å². The molecule has 0 radical (unpaired) electrons. The Balaban J connectivity index is 1.90. The second kappa shape index (κ2) is 4.92. The van der Waals surface area contributed by atoms with Gasteiger partial charge in [-0.2, -0.15) is 0 Å². The van der Waals surface area contributed by atoms with Crippen LogP contribution in [0.4, 0.5) is 0 Å². The van der Waals surface area contributed by atoms with Crippen molar-refractivity contribution in [2.45, 2.75) is 43.3 Å². The summed E-state index contributed by atoms with van der Waals surface area (Å²) >= 11 is 2.07. The first-order valence-electron chi connectivity index (χ1n) is 6.75. The van der Waals surface area contributed by atoms with Gasteiger partial charge in [0.2, 0.25) is 0 Å².